The Hall–Kier alpha value is -2.55. The van der Waals surface area contributed by atoms with Gasteiger partial charge in [0.05, 0.1) is 13.0 Å². The van der Waals surface area contributed by atoms with E-state index in [9.17, 15) is 9.90 Å². The van der Waals surface area contributed by atoms with E-state index >= 15 is 0 Å². The summed E-state index contributed by atoms with van der Waals surface area (Å²) < 4.78 is 4.56. The maximum Gasteiger partial charge on any atom is 0.226 e. The van der Waals surface area contributed by atoms with Gasteiger partial charge < -0.3 is 15.3 Å². The van der Waals surface area contributed by atoms with Crippen LogP contribution in [0.2, 0.25) is 0 Å². The smallest absolute Gasteiger partial charge is 0.226 e. The second kappa shape index (κ2) is 6.29. The lowest BCUT2D eigenvalue weighted by atomic mass is 10.0. The Bertz CT molecular complexity index is 676. The summed E-state index contributed by atoms with van der Waals surface area (Å²) in [6.07, 6.45) is 3.94. The van der Waals surface area contributed by atoms with Crippen molar-refractivity contribution in [1.29, 1.82) is 0 Å². The van der Waals surface area contributed by atoms with Gasteiger partial charge in [0.2, 0.25) is 11.9 Å². The normalized spacial score (nSPS) is 20.7. The quantitative estimate of drug-likeness (QED) is 0.755. The molecule has 23 heavy (non-hydrogen) atoms. The van der Waals surface area contributed by atoms with Crippen LogP contribution in [0.1, 0.15) is 17.8 Å². The molecule has 9 heteroatoms. The predicted molar refractivity (Wildman–Crippen MR) is 79.6 cm³/mol. The number of hydrogen-bond donors (Lipinski definition) is 2. The van der Waals surface area contributed by atoms with Crippen LogP contribution in [-0.4, -0.2) is 56.5 Å². The van der Waals surface area contributed by atoms with Gasteiger partial charge in [-0.05, 0) is 19.4 Å². The minimum absolute atomic E-state index is 0.0803. The van der Waals surface area contributed by atoms with Crippen LogP contribution in [0.4, 0.5) is 5.95 Å². The lowest BCUT2D eigenvalue weighted by Crippen LogP contribution is -2.45. The Kier molecular flexibility index (Phi) is 4.20. The van der Waals surface area contributed by atoms with E-state index in [0.29, 0.717) is 36.8 Å². The molecule has 1 unspecified atom stereocenters. The van der Waals surface area contributed by atoms with E-state index in [4.69, 9.17) is 0 Å². The van der Waals surface area contributed by atoms with E-state index in [1.165, 1.54) is 0 Å². The highest BCUT2D eigenvalue weighted by Gasteiger charge is 2.37. The third kappa shape index (κ3) is 3.62. The molecule has 1 amide bonds. The molecular formula is C14H18N6O3. The van der Waals surface area contributed by atoms with Gasteiger partial charge in [-0.2, -0.15) is 0 Å². The molecule has 2 aromatic rings. The van der Waals surface area contributed by atoms with E-state index in [1.54, 1.807) is 25.4 Å². The molecule has 0 aromatic carbocycles. The summed E-state index contributed by atoms with van der Waals surface area (Å²) >= 11 is 0. The fraction of sp³-hybridized carbons (Fsp3) is 0.500. The SMILES string of the molecule is Cc1nonc1CC(=O)NCC1(O)CCN(c2ncccn2)C1. The lowest BCUT2D eigenvalue weighted by Gasteiger charge is -2.23. The van der Waals surface area contributed by atoms with Crippen molar-refractivity contribution in [3.05, 3.63) is 29.8 Å². The number of amides is 1. The first-order chi connectivity index (χ1) is 11.1. The summed E-state index contributed by atoms with van der Waals surface area (Å²) in [5, 5.41) is 20.6. The van der Waals surface area contributed by atoms with Gasteiger partial charge in [-0.1, -0.05) is 10.3 Å². The van der Waals surface area contributed by atoms with Gasteiger partial charge in [-0.25, -0.2) is 14.6 Å². The molecular weight excluding hydrogens is 300 g/mol. The molecule has 3 rings (SSSR count). The number of hydrogen-bond acceptors (Lipinski definition) is 8. The van der Waals surface area contributed by atoms with Crippen LogP contribution >= 0.6 is 0 Å². The van der Waals surface area contributed by atoms with E-state index in [-0.39, 0.29) is 18.9 Å². The average molecular weight is 318 g/mol. The van der Waals surface area contributed by atoms with Gasteiger partial charge in [0.1, 0.15) is 17.0 Å². The summed E-state index contributed by atoms with van der Waals surface area (Å²) in [6, 6.07) is 1.74. The van der Waals surface area contributed by atoms with Crippen molar-refractivity contribution in [3.63, 3.8) is 0 Å². The molecule has 1 saturated heterocycles. The molecule has 2 aromatic heterocycles. The summed E-state index contributed by atoms with van der Waals surface area (Å²) in [5.74, 6) is 0.352. The maximum absolute atomic E-state index is 11.9. The summed E-state index contributed by atoms with van der Waals surface area (Å²) in [5.41, 5.74) is 0.0961. The average Bonchev–Trinajstić information content (AvgIpc) is 3.14. The monoisotopic (exact) mass is 318 g/mol. The number of nitrogens with zero attached hydrogens (tertiary/aromatic N) is 5. The Morgan fingerprint density at radius 2 is 2.22 bits per heavy atom. The van der Waals surface area contributed by atoms with E-state index in [1.807, 2.05) is 4.90 Å². The number of aryl methyl sites for hydroxylation is 1. The largest absolute Gasteiger partial charge is 0.386 e. The van der Waals surface area contributed by atoms with Crippen molar-refractivity contribution >= 4 is 11.9 Å². The van der Waals surface area contributed by atoms with Crippen molar-refractivity contribution in [3.8, 4) is 0 Å². The summed E-state index contributed by atoms with van der Waals surface area (Å²) in [4.78, 5) is 22.2. The molecule has 122 valence electrons. The maximum atomic E-state index is 11.9. The van der Waals surface area contributed by atoms with Gasteiger partial charge >= 0.3 is 0 Å². The Morgan fingerprint density at radius 1 is 1.43 bits per heavy atom. The molecule has 1 fully saturated rings. The number of anilines is 1. The van der Waals surface area contributed by atoms with E-state index < -0.39 is 5.60 Å². The molecule has 0 aliphatic carbocycles. The molecule has 1 aliphatic rings. The molecule has 0 saturated carbocycles. The van der Waals surface area contributed by atoms with E-state index in [2.05, 4.69) is 30.2 Å². The fourth-order valence-electron chi connectivity index (χ4n) is 2.51. The van der Waals surface area contributed by atoms with Crippen LogP contribution in [0.3, 0.4) is 0 Å². The first kappa shape index (κ1) is 15.3. The first-order valence-corrected chi connectivity index (χ1v) is 7.35. The van der Waals surface area contributed by atoms with Crippen molar-refractivity contribution in [1.82, 2.24) is 25.6 Å². The molecule has 1 aliphatic heterocycles. The molecule has 3 heterocycles. The van der Waals surface area contributed by atoms with Gasteiger partial charge in [0.25, 0.3) is 0 Å². The zero-order valence-corrected chi connectivity index (χ0v) is 12.8. The standard InChI is InChI=1S/C14H18N6O3/c1-10-11(19-23-18-10)7-12(21)17-8-14(22)3-6-20(9-14)13-15-4-2-5-16-13/h2,4-5,22H,3,6-9H2,1H3,(H,17,21). The van der Waals surface area contributed by atoms with Crippen molar-refractivity contribution in [2.75, 3.05) is 24.5 Å². The van der Waals surface area contributed by atoms with Crippen LogP contribution in [0.25, 0.3) is 0 Å². The second-order valence-corrected chi connectivity index (χ2v) is 5.69. The number of aromatic nitrogens is 4. The van der Waals surface area contributed by atoms with Gasteiger partial charge in [-0.15, -0.1) is 0 Å². The second-order valence-electron chi connectivity index (χ2n) is 5.69. The van der Waals surface area contributed by atoms with Gasteiger partial charge in [-0.3, -0.25) is 4.79 Å². The van der Waals surface area contributed by atoms with Crippen LogP contribution in [0.5, 0.6) is 0 Å². The van der Waals surface area contributed by atoms with E-state index in [0.717, 1.165) is 0 Å². The minimum Gasteiger partial charge on any atom is -0.386 e. The zero-order chi connectivity index (χ0) is 16.3. The molecule has 0 spiro atoms. The minimum atomic E-state index is -0.994. The fourth-order valence-corrected chi connectivity index (χ4v) is 2.51. The van der Waals surface area contributed by atoms with Gasteiger partial charge in [0.15, 0.2) is 0 Å². The Morgan fingerprint density at radius 3 is 2.91 bits per heavy atom. The first-order valence-electron chi connectivity index (χ1n) is 7.35. The van der Waals surface area contributed by atoms with Crippen LogP contribution in [0, 0.1) is 6.92 Å². The van der Waals surface area contributed by atoms with Crippen LogP contribution in [-0.2, 0) is 11.2 Å². The number of rotatable bonds is 5. The van der Waals surface area contributed by atoms with Crippen molar-refractivity contribution in [2.45, 2.75) is 25.4 Å². The molecule has 0 radical (unpaired) electrons. The summed E-state index contributed by atoms with van der Waals surface area (Å²) in [6.45, 7) is 2.91. The highest BCUT2D eigenvalue weighted by atomic mass is 16.6. The Balaban J connectivity index is 1.52. The molecule has 1 atom stereocenters. The topological polar surface area (TPSA) is 117 Å². The molecule has 9 nitrogen and oxygen atoms in total. The number of nitrogens with one attached hydrogen (secondary N) is 1. The number of carbonyl (C=O) groups excluding carboxylic acids is 1. The van der Waals surface area contributed by atoms with Crippen molar-refractivity contribution in [2.24, 2.45) is 0 Å². The third-order valence-electron chi connectivity index (χ3n) is 3.86. The highest BCUT2D eigenvalue weighted by Crippen LogP contribution is 2.23. The lowest BCUT2D eigenvalue weighted by molar-refractivity contribution is -0.121. The zero-order valence-electron chi connectivity index (χ0n) is 12.8. The van der Waals surface area contributed by atoms with Gasteiger partial charge in [0, 0.05) is 25.5 Å². The molecule has 0 bridgehead atoms. The van der Waals surface area contributed by atoms with Crippen LogP contribution < -0.4 is 10.2 Å². The Labute approximate surface area is 132 Å². The predicted octanol–water partition coefficient (Wildman–Crippen LogP) is -0.532. The highest BCUT2D eigenvalue weighted by molar-refractivity contribution is 5.78. The number of β-amino-alcohol motifs (C(OH)–C–C–N with tert-alkyl or cyclic N) is 1. The summed E-state index contributed by atoms with van der Waals surface area (Å²) in [7, 11) is 0. The molecule has 2 N–H and O–H groups in total. The van der Waals surface area contributed by atoms with Crippen LogP contribution in [0.15, 0.2) is 23.1 Å². The number of aliphatic hydroxyl groups is 1. The van der Waals surface area contributed by atoms with Crippen molar-refractivity contribution < 1.29 is 14.5 Å². The number of carbonyl (C=O) groups is 1. The third-order valence-corrected chi connectivity index (χ3v) is 3.86.